The van der Waals surface area contributed by atoms with Crippen LogP contribution in [-0.4, -0.2) is 5.16 Å². The Labute approximate surface area is 96.5 Å². The second-order valence-corrected chi connectivity index (χ2v) is 4.29. The molecule has 0 bridgehead atoms. The number of aromatic nitrogens is 1. The number of para-hydroxylation sites is 1. The minimum absolute atomic E-state index is 0.528. The van der Waals surface area contributed by atoms with Crippen molar-refractivity contribution in [2.75, 3.05) is 0 Å². The van der Waals surface area contributed by atoms with E-state index in [-0.39, 0.29) is 0 Å². The lowest BCUT2D eigenvalue weighted by molar-refractivity contribution is 0.459. The number of nitrogens with two attached hydrogens (primary N) is 1. The molecular formula is C12H10N2OS. The summed E-state index contributed by atoms with van der Waals surface area (Å²) in [5.41, 5.74) is 9.59. The van der Waals surface area contributed by atoms with Gasteiger partial charge in [-0.2, -0.15) is 11.3 Å². The highest BCUT2D eigenvalue weighted by Crippen LogP contribution is 2.32. The van der Waals surface area contributed by atoms with E-state index in [1.807, 2.05) is 24.3 Å². The maximum absolute atomic E-state index is 5.69. The van der Waals surface area contributed by atoms with Crippen molar-refractivity contribution in [3.05, 3.63) is 40.6 Å². The van der Waals surface area contributed by atoms with E-state index in [1.54, 1.807) is 11.3 Å². The van der Waals surface area contributed by atoms with Crippen molar-refractivity contribution in [1.29, 1.82) is 0 Å². The first kappa shape index (κ1) is 9.57. The molecule has 80 valence electrons. The van der Waals surface area contributed by atoms with Crippen molar-refractivity contribution < 1.29 is 4.52 Å². The third-order valence-corrected chi connectivity index (χ3v) is 3.39. The zero-order valence-electron chi connectivity index (χ0n) is 8.51. The summed E-state index contributed by atoms with van der Waals surface area (Å²) in [6.45, 7) is 0.528. The highest BCUT2D eigenvalue weighted by Gasteiger charge is 2.13. The van der Waals surface area contributed by atoms with Crippen molar-refractivity contribution in [1.82, 2.24) is 5.16 Å². The van der Waals surface area contributed by atoms with Crippen LogP contribution in [0.2, 0.25) is 0 Å². The van der Waals surface area contributed by atoms with Gasteiger partial charge in [-0.15, -0.1) is 0 Å². The van der Waals surface area contributed by atoms with Crippen molar-refractivity contribution in [3.8, 4) is 11.3 Å². The summed E-state index contributed by atoms with van der Waals surface area (Å²) in [5, 5.41) is 9.28. The van der Waals surface area contributed by atoms with Crippen LogP contribution in [0, 0.1) is 0 Å². The zero-order chi connectivity index (χ0) is 11.0. The molecule has 1 aromatic carbocycles. The molecule has 3 rings (SSSR count). The summed E-state index contributed by atoms with van der Waals surface area (Å²) >= 11 is 1.64. The third kappa shape index (κ3) is 1.35. The van der Waals surface area contributed by atoms with Crippen LogP contribution in [-0.2, 0) is 6.54 Å². The molecule has 2 N–H and O–H groups in total. The largest absolute Gasteiger partial charge is 0.356 e. The van der Waals surface area contributed by atoms with Gasteiger partial charge in [0.2, 0.25) is 0 Å². The first-order chi connectivity index (χ1) is 7.90. The highest BCUT2D eigenvalue weighted by molar-refractivity contribution is 7.08. The SMILES string of the molecule is NCc1cscc1-c1noc2ccccc12. The molecule has 0 saturated carbocycles. The van der Waals surface area contributed by atoms with Crippen molar-refractivity contribution in [3.63, 3.8) is 0 Å². The summed E-state index contributed by atoms with van der Waals surface area (Å²) in [6, 6.07) is 7.85. The van der Waals surface area contributed by atoms with Gasteiger partial charge in [0.05, 0.1) is 0 Å². The van der Waals surface area contributed by atoms with Crippen LogP contribution in [0.3, 0.4) is 0 Å². The molecule has 0 spiro atoms. The molecule has 16 heavy (non-hydrogen) atoms. The van der Waals surface area contributed by atoms with Gasteiger partial charge in [-0.25, -0.2) is 0 Å². The molecule has 4 heteroatoms. The minimum Gasteiger partial charge on any atom is -0.356 e. The van der Waals surface area contributed by atoms with Gasteiger partial charge in [-0.3, -0.25) is 0 Å². The van der Waals surface area contributed by atoms with Gasteiger partial charge in [0.15, 0.2) is 5.58 Å². The molecule has 0 saturated heterocycles. The lowest BCUT2D eigenvalue weighted by Gasteiger charge is -1.96. The first-order valence-corrected chi connectivity index (χ1v) is 5.94. The van der Waals surface area contributed by atoms with Gasteiger partial charge in [0, 0.05) is 22.9 Å². The Hall–Kier alpha value is -1.65. The lowest BCUT2D eigenvalue weighted by atomic mass is 10.1. The summed E-state index contributed by atoms with van der Waals surface area (Å²) in [6.07, 6.45) is 0. The second kappa shape index (κ2) is 3.73. The van der Waals surface area contributed by atoms with E-state index in [0.29, 0.717) is 6.54 Å². The van der Waals surface area contributed by atoms with Gasteiger partial charge in [-0.1, -0.05) is 17.3 Å². The number of hydrogen-bond donors (Lipinski definition) is 1. The van der Waals surface area contributed by atoms with Crippen LogP contribution in [0.4, 0.5) is 0 Å². The van der Waals surface area contributed by atoms with Crippen LogP contribution in [0.1, 0.15) is 5.56 Å². The Kier molecular flexibility index (Phi) is 2.23. The predicted octanol–water partition coefficient (Wildman–Crippen LogP) is 3.02. The summed E-state index contributed by atoms with van der Waals surface area (Å²) in [4.78, 5) is 0. The fraction of sp³-hybridized carbons (Fsp3) is 0.0833. The first-order valence-electron chi connectivity index (χ1n) is 5.00. The average molecular weight is 230 g/mol. The average Bonchev–Trinajstić information content (AvgIpc) is 2.94. The van der Waals surface area contributed by atoms with E-state index >= 15 is 0 Å². The van der Waals surface area contributed by atoms with E-state index in [2.05, 4.69) is 15.9 Å². The molecule has 0 unspecified atom stereocenters. The Morgan fingerprint density at radius 2 is 2.12 bits per heavy atom. The highest BCUT2D eigenvalue weighted by atomic mass is 32.1. The Bertz CT molecular complexity index is 627. The summed E-state index contributed by atoms with van der Waals surface area (Å²) in [5.74, 6) is 0. The molecule has 0 aliphatic carbocycles. The Morgan fingerprint density at radius 3 is 3.00 bits per heavy atom. The van der Waals surface area contributed by atoms with Crippen LogP contribution in [0.15, 0.2) is 39.5 Å². The number of benzene rings is 1. The fourth-order valence-electron chi connectivity index (χ4n) is 1.77. The van der Waals surface area contributed by atoms with Gasteiger partial charge in [-0.05, 0) is 23.1 Å². The summed E-state index contributed by atoms with van der Waals surface area (Å²) < 4.78 is 5.29. The van der Waals surface area contributed by atoms with Crippen LogP contribution in [0.25, 0.3) is 22.2 Å². The fourth-order valence-corrected chi connectivity index (χ4v) is 2.62. The van der Waals surface area contributed by atoms with Crippen molar-refractivity contribution in [2.24, 2.45) is 5.73 Å². The third-order valence-electron chi connectivity index (χ3n) is 2.59. The number of nitrogens with zero attached hydrogens (tertiary/aromatic N) is 1. The molecule has 0 fully saturated rings. The van der Waals surface area contributed by atoms with Crippen molar-refractivity contribution in [2.45, 2.75) is 6.54 Å². The van der Waals surface area contributed by atoms with Gasteiger partial charge >= 0.3 is 0 Å². The number of hydrogen-bond acceptors (Lipinski definition) is 4. The molecule has 0 radical (unpaired) electrons. The second-order valence-electron chi connectivity index (χ2n) is 3.54. The molecule has 0 amide bonds. The van der Waals surface area contributed by atoms with E-state index in [0.717, 1.165) is 27.8 Å². The Balaban J connectivity index is 2.26. The smallest absolute Gasteiger partial charge is 0.167 e. The van der Waals surface area contributed by atoms with Crippen molar-refractivity contribution >= 4 is 22.3 Å². The molecule has 0 atom stereocenters. The molecule has 3 aromatic rings. The Morgan fingerprint density at radius 1 is 1.25 bits per heavy atom. The number of thiophene rings is 1. The molecule has 2 heterocycles. The predicted molar refractivity (Wildman–Crippen MR) is 65.2 cm³/mol. The number of fused-ring (bicyclic) bond motifs is 1. The molecule has 3 nitrogen and oxygen atoms in total. The van der Waals surface area contributed by atoms with Crippen LogP contribution in [0.5, 0.6) is 0 Å². The van der Waals surface area contributed by atoms with E-state index in [9.17, 15) is 0 Å². The molecular weight excluding hydrogens is 220 g/mol. The normalized spacial score (nSPS) is 11.1. The zero-order valence-corrected chi connectivity index (χ0v) is 9.33. The minimum atomic E-state index is 0.528. The molecule has 2 aromatic heterocycles. The molecule has 0 aliphatic rings. The maximum atomic E-state index is 5.69. The number of rotatable bonds is 2. The topological polar surface area (TPSA) is 52.0 Å². The summed E-state index contributed by atoms with van der Waals surface area (Å²) in [7, 11) is 0. The van der Waals surface area contributed by atoms with E-state index in [1.165, 1.54) is 0 Å². The molecule has 0 aliphatic heterocycles. The lowest BCUT2D eigenvalue weighted by Crippen LogP contribution is -1.95. The van der Waals surface area contributed by atoms with Crippen LogP contribution < -0.4 is 5.73 Å². The monoisotopic (exact) mass is 230 g/mol. The van der Waals surface area contributed by atoms with Gasteiger partial charge in [0.25, 0.3) is 0 Å². The van der Waals surface area contributed by atoms with E-state index < -0.39 is 0 Å². The van der Waals surface area contributed by atoms with Gasteiger partial charge in [0.1, 0.15) is 5.69 Å². The van der Waals surface area contributed by atoms with E-state index in [4.69, 9.17) is 10.3 Å². The van der Waals surface area contributed by atoms with Gasteiger partial charge < -0.3 is 10.3 Å². The maximum Gasteiger partial charge on any atom is 0.167 e. The standard InChI is InChI=1S/C12H10N2OS/c13-5-8-6-16-7-10(8)12-9-3-1-2-4-11(9)15-14-12/h1-4,6-7H,5,13H2. The van der Waals surface area contributed by atoms with Crippen LogP contribution >= 0.6 is 11.3 Å². The quantitative estimate of drug-likeness (QED) is 0.736.